The minimum Gasteiger partial charge on any atom is -0.466 e. The molecule has 0 aliphatic carbocycles. The van der Waals surface area contributed by atoms with E-state index in [4.69, 9.17) is 0 Å². The summed E-state index contributed by atoms with van der Waals surface area (Å²) in [6.45, 7) is 0. The zero-order valence-electron chi connectivity index (χ0n) is 12.5. The highest BCUT2D eigenvalue weighted by Crippen LogP contribution is 2.21. The van der Waals surface area contributed by atoms with Crippen molar-refractivity contribution in [1.29, 1.82) is 0 Å². The Kier molecular flexibility index (Phi) is 5.35. The number of aromatic amines is 1. The maximum atomic E-state index is 11.5. The molecule has 0 saturated carbocycles. The normalized spacial score (nSPS) is 11.0. The smallest absolute Gasteiger partial charge is 0.337 e. The van der Waals surface area contributed by atoms with Crippen LogP contribution in [0, 0.1) is 0 Å². The molecule has 1 aromatic heterocycles. The Bertz CT molecular complexity index is 764. The minimum atomic E-state index is -0.492. The highest BCUT2D eigenvalue weighted by Gasteiger charge is 2.06. The first-order valence-corrected chi connectivity index (χ1v) is 6.53. The second-order valence-corrected chi connectivity index (χ2v) is 4.24. The molecular formula is C15H14N4O4. The lowest BCUT2D eigenvalue weighted by atomic mass is 10.2. The SMILES string of the molecule is COC(=O)/C=C/c1[nH]cnc1N=Nc1cccc(C(=O)OC)c1. The van der Waals surface area contributed by atoms with Gasteiger partial charge in [-0.05, 0) is 24.3 Å². The number of azo groups is 1. The molecule has 8 nitrogen and oxygen atoms in total. The van der Waals surface area contributed by atoms with E-state index in [-0.39, 0.29) is 0 Å². The number of benzene rings is 1. The Balaban J connectivity index is 2.18. The number of H-pyrrole nitrogens is 1. The number of carbonyl (C=O) groups is 2. The number of methoxy groups -OCH3 is 2. The van der Waals surface area contributed by atoms with Gasteiger partial charge in [0.05, 0.1) is 37.5 Å². The first kappa shape index (κ1) is 16.1. The summed E-state index contributed by atoms with van der Waals surface area (Å²) in [7, 11) is 2.59. The van der Waals surface area contributed by atoms with Crippen LogP contribution in [0.2, 0.25) is 0 Å². The lowest BCUT2D eigenvalue weighted by Gasteiger charge is -1.99. The van der Waals surface area contributed by atoms with Crippen molar-refractivity contribution >= 4 is 29.5 Å². The summed E-state index contributed by atoms with van der Waals surface area (Å²) in [6.07, 6.45) is 4.15. The molecule has 2 rings (SSSR count). The Morgan fingerprint density at radius 2 is 2.04 bits per heavy atom. The fourth-order valence-electron chi connectivity index (χ4n) is 1.64. The van der Waals surface area contributed by atoms with Crippen LogP contribution < -0.4 is 0 Å². The van der Waals surface area contributed by atoms with Crippen LogP contribution in [0.25, 0.3) is 6.08 Å². The summed E-state index contributed by atoms with van der Waals surface area (Å²) < 4.78 is 9.15. The molecule has 0 fully saturated rings. The first-order chi connectivity index (χ1) is 11.1. The van der Waals surface area contributed by atoms with Crippen molar-refractivity contribution in [3.8, 4) is 0 Å². The summed E-state index contributed by atoms with van der Waals surface area (Å²) in [6, 6.07) is 6.52. The second-order valence-electron chi connectivity index (χ2n) is 4.24. The molecule has 1 heterocycles. The Morgan fingerprint density at radius 1 is 1.22 bits per heavy atom. The molecule has 0 aliphatic heterocycles. The molecule has 2 aromatic rings. The zero-order valence-corrected chi connectivity index (χ0v) is 12.5. The predicted octanol–water partition coefficient (Wildman–Crippen LogP) is 2.80. The molecule has 8 heteroatoms. The van der Waals surface area contributed by atoms with Gasteiger partial charge in [-0.1, -0.05) is 6.07 Å². The first-order valence-electron chi connectivity index (χ1n) is 6.53. The third kappa shape index (κ3) is 4.34. The topological polar surface area (TPSA) is 106 Å². The number of nitrogens with one attached hydrogen (secondary N) is 1. The number of esters is 2. The van der Waals surface area contributed by atoms with E-state index >= 15 is 0 Å². The number of hydrogen-bond donors (Lipinski definition) is 1. The van der Waals surface area contributed by atoms with Gasteiger partial charge < -0.3 is 14.5 Å². The second kappa shape index (κ2) is 7.64. The number of aromatic nitrogens is 2. The van der Waals surface area contributed by atoms with Crippen LogP contribution in [0.15, 0.2) is 46.9 Å². The number of imidazole rings is 1. The van der Waals surface area contributed by atoms with Gasteiger partial charge in [0, 0.05) is 6.08 Å². The quantitative estimate of drug-likeness (QED) is 0.519. The Hall–Kier alpha value is -3.29. The number of nitrogens with zero attached hydrogens (tertiary/aromatic N) is 3. The molecule has 23 heavy (non-hydrogen) atoms. The van der Waals surface area contributed by atoms with Crippen molar-refractivity contribution in [2.45, 2.75) is 0 Å². The molecule has 1 aromatic carbocycles. The predicted molar refractivity (Wildman–Crippen MR) is 81.6 cm³/mol. The van der Waals surface area contributed by atoms with E-state index < -0.39 is 11.9 Å². The monoisotopic (exact) mass is 314 g/mol. The minimum absolute atomic E-state index is 0.300. The maximum Gasteiger partial charge on any atom is 0.337 e. The third-order valence-corrected chi connectivity index (χ3v) is 2.76. The fourth-order valence-corrected chi connectivity index (χ4v) is 1.64. The van der Waals surface area contributed by atoms with Crippen molar-refractivity contribution in [2.24, 2.45) is 10.2 Å². The summed E-state index contributed by atoms with van der Waals surface area (Å²) in [5.74, 6) is -0.648. The fraction of sp³-hybridized carbons (Fsp3) is 0.133. The maximum absolute atomic E-state index is 11.5. The van der Waals surface area contributed by atoms with E-state index in [1.807, 2.05) is 0 Å². The summed E-state index contributed by atoms with van der Waals surface area (Å²) in [5.41, 5.74) is 1.35. The molecule has 0 spiro atoms. The van der Waals surface area contributed by atoms with Crippen LogP contribution in [0.1, 0.15) is 16.1 Å². The molecule has 0 bridgehead atoms. The highest BCUT2D eigenvalue weighted by atomic mass is 16.5. The third-order valence-electron chi connectivity index (χ3n) is 2.76. The largest absolute Gasteiger partial charge is 0.466 e. The van der Waals surface area contributed by atoms with Gasteiger partial charge >= 0.3 is 11.9 Å². The Morgan fingerprint density at radius 3 is 2.78 bits per heavy atom. The summed E-state index contributed by atoms with van der Waals surface area (Å²) in [5, 5.41) is 8.01. The summed E-state index contributed by atoms with van der Waals surface area (Å²) >= 11 is 0. The summed E-state index contributed by atoms with van der Waals surface area (Å²) in [4.78, 5) is 29.4. The van der Waals surface area contributed by atoms with Gasteiger partial charge in [0.1, 0.15) is 0 Å². The van der Waals surface area contributed by atoms with Gasteiger partial charge in [-0.2, -0.15) is 0 Å². The molecule has 118 valence electrons. The molecule has 0 amide bonds. The van der Waals surface area contributed by atoms with Gasteiger partial charge in [-0.3, -0.25) is 0 Å². The Labute approximate surface area is 131 Å². The molecular weight excluding hydrogens is 300 g/mol. The van der Waals surface area contributed by atoms with Crippen molar-refractivity contribution in [3.05, 3.63) is 47.9 Å². The van der Waals surface area contributed by atoms with Crippen molar-refractivity contribution in [2.75, 3.05) is 14.2 Å². The van der Waals surface area contributed by atoms with Crippen LogP contribution in [0.4, 0.5) is 11.5 Å². The van der Waals surface area contributed by atoms with Gasteiger partial charge in [-0.15, -0.1) is 10.2 Å². The molecule has 0 radical (unpaired) electrons. The molecule has 0 atom stereocenters. The average molecular weight is 314 g/mol. The number of carbonyl (C=O) groups excluding carboxylic acids is 2. The van der Waals surface area contributed by atoms with E-state index in [1.54, 1.807) is 24.3 Å². The van der Waals surface area contributed by atoms with E-state index in [2.05, 4.69) is 29.7 Å². The number of rotatable bonds is 5. The van der Waals surface area contributed by atoms with Gasteiger partial charge in [0.2, 0.25) is 0 Å². The lowest BCUT2D eigenvalue weighted by molar-refractivity contribution is -0.134. The number of hydrogen-bond acceptors (Lipinski definition) is 7. The molecule has 1 N–H and O–H groups in total. The zero-order chi connectivity index (χ0) is 16.7. The van der Waals surface area contributed by atoms with E-state index in [9.17, 15) is 9.59 Å². The van der Waals surface area contributed by atoms with Crippen LogP contribution >= 0.6 is 0 Å². The van der Waals surface area contributed by atoms with Crippen molar-refractivity contribution in [1.82, 2.24) is 9.97 Å². The van der Waals surface area contributed by atoms with Crippen LogP contribution in [0.5, 0.6) is 0 Å². The standard InChI is InChI=1S/C15H14N4O4/c1-22-13(20)7-6-12-14(17-9-16-12)19-18-11-5-3-4-10(8-11)15(21)23-2/h3-9H,1-2H3,(H,16,17)/b7-6+,19-18?. The van der Waals surface area contributed by atoms with Crippen LogP contribution in [0.3, 0.4) is 0 Å². The highest BCUT2D eigenvalue weighted by molar-refractivity contribution is 5.90. The van der Waals surface area contributed by atoms with Crippen molar-refractivity contribution < 1.29 is 19.1 Å². The molecule has 0 aliphatic rings. The van der Waals surface area contributed by atoms with Gasteiger partial charge in [-0.25, -0.2) is 14.6 Å². The number of ether oxygens (including phenoxy) is 2. The van der Waals surface area contributed by atoms with E-state index in [1.165, 1.54) is 32.7 Å². The van der Waals surface area contributed by atoms with Crippen molar-refractivity contribution in [3.63, 3.8) is 0 Å². The van der Waals surface area contributed by atoms with Gasteiger partial charge in [0.25, 0.3) is 0 Å². The average Bonchev–Trinajstić information content (AvgIpc) is 3.04. The molecule has 0 saturated heterocycles. The molecule has 0 unspecified atom stereocenters. The lowest BCUT2D eigenvalue weighted by Crippen LogP contribution is -1.99. The van der Waals surface area contributed by atoms with Crippen LogP contribution in [-0.2, 0) is 14.3 Å². The van der Waals surface area contributed by atoms with Gasteiger partial charge in [0.15, 0.2) is 5.82 Å². The van der Waals surface area contributed by atoms with E-state index in [0.717, 1.165) is 0 Å². The van der Waals surface area contributed by atoms with Crippen LogP contribution in [-0.4, -0.2) is 36.1 Å². The van der Waals surface area contributed by atoms with E-state index in [0.29, 0.717) is 22.8 Å².